The van der Waals surface area contributed by atoms with E-state index in [1.807, 2.05) is 71.8 Å². The molecule has 0 unspecified atom stereocenters. The number of amides is 4. The van der Waals surface area contributed by atoms with Crippen LogP contribution in [0.3, 0.4) is 0 Å². The van der Waals surface area contributed by atoms with Gasteiger partial charge in [0.15, 0.2) is 23.0 Å². The third-order valence-electron chi connectivity index (χ3n) is 14.0. The van der Waals surface area contributed by atoms with Gasteiger partial charge in [0.25, 0.3) is 23.6 Å². The number of anilines is 4. The number of para-hydroxylation sites is 2. The van der Waals surface area contributed by atoms with Gasteiger partial charge in [0.05, 0.1) is 81.8 Å². The molecule has 0 aliphatic carbocycles. The van der Waals surface area contributed by atoms with Crippen LogP contribution in [0.4, 0.5) is 28.4 Å². The minimum atomic E-state index is -0.703. The number of nitrogens with zero attached hydrogens (tertiary/aromatic N) is 5. The average Bonchev–Trinajstić information content (AvgIpc) is 4.05. The number of imide groups is 1. The van der Waals surface area contributed by atoms with Crippen LogP contribution >= 0.6 is 0 Å². The molecule has 0 radical (unpaired) electrons. The smallest absolute Gasteiger partial charge is 0.333 e. The molecule has 5 aliphatic heterocycles. The first kappa shape index (κ1) is 51.5. The van der Waals surface area contributed by atoms with E-state index < -0.39 is 17.8 Å². The average molecular weight is 1040 g/mol. The molecule has 5 aliphatic rings. The van der Waals surface area contributed by atoms with E-state index >= 15 is 0 Å². The summed E-state index contributed by atoms with van der Waals surface area (Å²) in [6, 6.07) is 28.4. The standard InChI is InChI=1S/C57H60N6O13/c1-69-19-20-73-22-21-72-18-17-60(16-8-13-55(66)76-63-53(64)14-15-54(63)65)40-24-36(34-74-51-30-45-43(28-49(51)70-2)56(67)61-41(32-58-45)26-38-9-4-6-11-47(38)61)23-37(25-40)35-75-52-31-46-44(29-50(52)71-3)57(68)62-42(33-59-46)27-39-10-5-7-12-48(39)62/h4-7,9-12,23-25,28-32,41-42,59H,8,13-22,26-27,33-35H2,1-3H3/t41-,42-/m0/s1. The molecule has 0 bridgehead atoms. The Hall–Kier alpha value is -8.00. The minimum Gasteiger partial charge on any atom is -0.493 e. The van der Waals surface area contributed by atoms with Gasteiger partial charge in [-0.05, 0) is 77.6 Å². The van der Waals surface area contributed by atoms with Crippen LogP contribution in [0.15, 0.2) is 96.0 Å². The number of hydroxylamine groups is 2. The van der Waals surface area contributed by atoms with Crippen LogP contribution in [0.1, 0.15) is 68.7 Å². The Morgan fingerprint density at radius 3 is 1.99 bits per heavy atom. The van der Waals surface area contributed by atoms with Gasteiger partial charge in [0, 0.05) is 87.8 Å². The van der Waals surface area contributed by atoms with Crippen molar-refractivity contribution in [1.29, 1.82) is 0 Å². The van der Waals surface area contributed by atoms with E-state index in [1.54, 1.807) is 36.3 Å². The molecule has 0 aromatic heterocycles. The van der Waals surface area contributed by atoms with Crippen LogP contribution in [0.5, 0.6) is 23.0 Å². The van der Waals surface area contributed by atoms with E-state index in [0.717, 1.165) is 45.7 Å². The van der Waals surface area contributed by atoms with Gasteiger partial charge in [0.2, 0.25) is 0 Å². The van der Waals surface area contributed by atoms with Gasteiger partial charge >= 0.3 is 5.97 Å². The van der Waals surface area contributed by atoms with Gasteiger partial charge in [0.1, 0.15) is 13.2 Å². The van der Waals surface area contributed by atoms with Crippen LogP contribution in [-0.4, -0.2) is 127 Å². The first-order valence-electron chi connectivity index (χ1n) is 25.5. The molecule has 76 heavy (non-hydrogen) atoms. The minimum absolute atomic E-state index is 0.00465. The number of ether oxygens (including phenoxy) is 7. The Morgan fingerprint density at radius 2 is 1.29 bits per heavy atom. The number of carbonyl (C=O) groups excluding carboxylic acids is 5. The van der Waals surface area contributed by atoms with E-state index in [1.165, 1.54) is 14.2 Å². The lowest BCUT2D eigenvalue weighted by Crippen LogP contribution is -2.39. The number of aliphatic imine (C=N–C) groups is 1. The van der Waals surface area contributed by atoms with Gasteiger partial charge in [-0.25, -0.2) is 4.79 Å². The molecule has 10 rings (SSSR count). The molecule has 19 heteroatoms. The number of methoxy groups -OCH3 is 3. The van der Waals surface area contributed by atoms with Crippen LogP contribution < -0.4 is 39.0 Å². The van der Waals surface area contributed by atoms with E-state index in [9.17, 15) is 24.0 Å². The van der Waals surface area contributed by atoms with Crippen molar-refractivity contribution in [3.63, 3.8) is 0 Å². The monoisotopic (exact) mass is 1040 g/mol. The summed E-state index contributed by atoms with van der Waals surface area (Å²) in [5.41, 5.74) is 8.18. The van der Waals surface area contributed by atoms with Crippen molar-refractivity contribution in [2.24, 2.45) is 4.99 Å². The quantitative estimate of drug-likeness (QED) is 0.0517. The first-order valence-corrected chi connectivity index (χ1v) is 25.5. The molecule has 1 N–H and O–H groups in total. The third-order valence-corrected chi connectivity index (χ3v) is 14.0. The van der Waals surface area contributed by atoms with E-state index in [4.69, 9.17) is 43.0 Å². The predicted molar refractivity (Wildman–Crippen MR) is 281 cm³/mol. The number of benzene rings is 5. The summed E-state index contributed by atoms with van der Waals surface area (Å²) >= 11 is 0. The molecular formula is C57H60N6O13. The van der Waals surface area contributed by atoms with Gasteiger partial charge in [-0.15, -0.1) is 5.06 Å². The van der Waals surface area contributed by atoms with Crippen LogP contribution in [0.2, 0.25) is 0 Å². The molecule has 1 saturated heterocycles. The summed E-state index contributed by atoms with van der Waals surface area (Å²) in [6.45, 7) is 3.34. The third kappa shape index (κ3) is 11.0. The number of nitrogens with one attached hydrogen (secondary N) is 1. The maximum atomic E-state index is 14.2. The molecule has 5 heterocycles. The Balaban J connectivity index is 0.924. The molecule has 0 saturated carbocycles. The molecular weight excluding hydrogens is 977 g/mol. The molecule has 4 amide bonds. The molecule has 396 valence electrons. The normalized spacial score (nSPS) is 17.0. The highest BCUT2D eigenvalue weighted by atomic mass is 16.7. The molecule has 5 aromatic carbocycles. The molecule has 1 fully saturated rings. The fourth-order valence-corrected chi connectivity index (χ4v) is 10.2. The topological polar surface area (TPSA) is 197 Å². The fraction of sp³-hybridized carbons (Fsp3) is 0.368. The fourth-order valence-electron chi connectivity index (χ4n) is 10.2. The van der Waals surface area contributed by atoms with Crippen molar-refractivity contribution in [3.8, 4) is 23.0 Å². The summed E-state index contributed by atoms with van der Waals surface area (Å²) in [4.78, 5) is 81.5. The van der Waals surface area contributed by atoms with Crippen molar-refractivity contribution in [2.75, 3.05) is 94.0 Å². The van der Waals surface area contributed by atoms with Crippen LogP contribution in [0.25, 0.3) is 0 Å². The maximum absolute atomic E-state index is 14.2. The lowest BCUT2D eigenvalue weighted by Gasteiger charge is -2.26. The molecule has 5 aromatic rings. The molecule has 19 nitrogen and oxygen atoms in total. The lowest BCUT2D eigenvalue weighted by molar-refractivity contribution is -0.197. The predicted octanol–water partition coefficient (Wildman–Crippen LogP) is 7.02. The maximum Gasteiger partial charge on any atom is 0.333 e. The SMILES string of the molecule is COCCOCCOCCN(CCCC(=O)ON1C(=O)CCC1=O)c1cc(COc2cc3c(cc2OC)C(=O)N2c4ccccc4C[C@H]2C=N3)cc(COc2cc3c(cc2OC)C(=O)N2c4ccccc4C[C@H]2CN3)c1. The summed E-state index contributed by atoms with van der Waals surface area (Å²) < 4.78 is 41.5. The zero-order valence-corrected chi connectivity index (χ0v) is 42.7. The van der Waals surface area contributed by atoms with Gasteiger partial charge in [-0.3, -0.25) is 29.1 Å². The number of fused-ring (bicyclic) bond motifs is 8. The summed E-state index contributed by atoms with van der Waals surface area (Å²) in [7, 11) is 4.67. The Bertz CT molecular complexity index is 3040. The van der Waals surface area contributed by atoms with Crippen molar-refractivity contribution < 1.29 is 62.0 Å². The van der Waals surface area contributed by atoms with Gasteiger partial charge < -0.3 is 53.1 Å². The zero-order valence-electron chi connectivity index (χ0n) is 42.7. The Kier molecular flexibility index (Phi) is 15.8. The van der Waals surface area contributed by atoms with Gasteiger partial charge in [-0.2, -0.15) is 0 Å². The van der Waals surface area contributed by atoms with Crippen molar-refractivity contribution in [3.05, 3.63) is 124 Å². The van der Waals surface area contributed by atoms with Crippen molar-refractivity contribution in [1.82, 2.24) is 5.06 Å². The second-order valence-electron chi connectivity index (χ2n) is 18.9. The Labute approximate surface area is 440 Å². The summed E-state index contributed by atoms with van der Waals surface area (Å²) in [6.07, 6.45) is 3.43. The lowest BCUT2D eigenvalue weighted by atomic mass is 10.1. The highest BCUT2D eigenvalue weighted by Crippen LogP contribution is 2.43. The number of hydrogen-bond donors (Lipinski definition) is 1. The number of hydrogen-bond acceptors (Lipinski definition) is 16. The van der Waals surface area contributed by atoms with E-state index in [0.29, 0.717) is 116 Å². The highest BCUT2D eigenvalue weighted by molar-refractivity contribution is 6.15. The number of carbonyl (C=O) groups is 5. The second-order valence-corrected chi connectivity index (χ2v) is 18.9. The zero-order chi connectivity index (χ0) is 52.7. The van der Waals surface area contributed by atoms with Crippen molar-refractivity contribution in [2.45, 2.75) is 63.8 Å². The van der Waals surface area contributed by atoms with E-state index in [-0.39, 0.29) is 56.4 Å². The van der Waals surface area contributed by atoms with Gasteiger partial charge in [-0.1, -0.05) is 36.4 Å². The number of rotatable bonds is 23. The van der Waals surface area contributed by atoms with Crippen LogP contribution in [-0.2, 0) is 59.5 Å². The largest absolute Gasteiger partial charge is 0.493 e. The Morgan fingerprint density at radius 1 is 0.671 bits per heavy atom. The van der Waals surface area contributed by atoms with Crippen LogP contribution in [0, 0.1) is 0 Å². The summed E-state index contributed by atoms with van der Waals surface area (Å²) in [5.74, 6) is -0.562. The first-order chi connectivity index (χ1) is 37.1. The second kappa shape index (κ2) is 23.3. The van der Waals surface area contributed by atoms with Crippen molar-refractivity contribution >= 4 is 64.2 Å². The highest BCUT2D eigenvalue weighted by Gasteiger charge is 2.39. The molecule has 2 atom stereocenters. The van der Waals surface area contributed by atoms with E-state index in [2.05, 4.69) is 16.3 Å². The summed E-state index contributed by atoms with van der Waals surface area (Å²) in [5, 5.41) is 4.06. The molecule has 0 spiro atoms.